The van der Waals surface area contributed by atoms with Crippen LogP contribution in [0.1, 0.15) is 0 Å². The van der Waals surface area contributed by atoms with Gasteiger partial charge in [0.2, 0.25) is 5.91 Å². The largest absolute Gasteiger partial charge is 0.314 e. The van der Waals surface area contributed by atoms with Gasteiger partial charge in [0.25, 0.3) is 0 Å². The van der Waals surface area contributed by atoms with Crippen molar-refractivity contribution in [1.82, 2.24) is 0 Å². The predicted molar refractivity (Wildman–Crippen MR) is 50.5 cm³/mol. The first-order valence-electron chi connectivity index (χ1n) is 3.73. The van der Waals surface area contributed by atoms with Gasteiger partial charge in [-0.05, 0) is 24.3 Å². The number of halogens is 2. The van der Waals surface area contributed by atoms with Gasteiger partial charge in [0, 0.05) is 12.7 Å². The molecule has 4 heteroatoms. The van der Waals surface area contributed by atoms with Gasteiger partial charge in [-0.1, -0.05) is 0 Å². The highest BCUT2D eigenvalue weighted by molar-refractivity contribution is 6.29. The number of carbonyl (C=O) groups is 1. The Morgan fingerprint density at radius 3 is 2.46 bits per heavy atom. The second-order valence-electron chi connectivity index (χ2n) is 2.56. The summed E-state index contributed by atoms with van der Waals surface area (Å²) < 4.78 is 12.5. The van der Waals surface area contributed by atoms with Crippen molar-refractivity contribution in [3.63, 3.8) is 0 Å². The molecular formula is C9H9ClFNO. The summed E-state index contributed by atoms with van der Waals surface area (Å²) in [7, 11) is 1.60. The summed E-state index contributed by atoms with van der Waals surface area (Å²) in [5.41, 5.74) is 0.632. The summed E-state index contributed by atoms with van der Waals surface area (Å²) in [6.45, 7) is 0. The van der Waals surface area contributed by atoms with Gasteiger partial charge in [-0.25, -0.2) is 4.39 Å². The average molecular weight is 202 g/mol. The number of hydrogen-bond acceptors (Lipinski definition) is 1. The number of nitrogens with zero attached hydrogens (tertiary/aromatic N) is 1. The quantitative estimate of drug-likeness (QED) is 0.671. The molecule has 0 saturated heterocycles. The van der Waals surface area contributed by atoms with Gasteiger partial charge >= 0.3 is 0 Å². The number of alkyl halides is 1. The molecule has 1 aromatic carbocycles. The molecule has 70 valence electrons. The van der Waals surface area contributed by atoms with Crippen LogP contribution in [0.25, 0.3) is 0 Å². The minimum Gasteiger partial charge on any atom is -0.314 e. The number of rotatable bonds is 2. The van der Waals surface area contributed by atoms with E-state index in [0.29, 0.717) is 5.69 Å². The van der Waals surface area contributed by atoms with E-state index in [9.17, 15) is 9.18 Å². The molecule has 0 aromatic heterocycles. The lowest BCUT2D eigenvalue weighted by Crippen LogP contribution is -2.27. The van der Waals surface area contributed by atoms with Gasteiger partial charge in [0.05, 0.1) is 0 Å². The molecule has 0 heterocycles. The predicted octanol–water partition coefficient (Wildman–Crippen LogP) is 2.03. The van der Waals surface area contributed by atoms with Crippen molar-refractivity contribution < 1.29 is 9.18 Å². The number of amides is 1. The van der Waals surface area contributed by atoms with Crippen molar-refractivity contribution in [3.05, 3.63) is 30.1 Å². The minimum atomic E-state index is -0.324. The number of benzene rings is 1. The summed E-state index contributed by atoms with van der Waals surface area (Å²) >= 11 is 5.36. The zero-order valence-corrected chi connectivity index (χ0v) is 7.88. The summed E-state index contributed by atoms with van der Waals surface area (Å²) in [6, 6.07) is 5.65. The van der Waals surface area contributed by atoms with Crippen molar-refractivity contribution in [1.29, 1.82) is 0 Å². The second kappa shape index (κ2) is 4.23. The highest BCUT2D eigenvalue weighted by Gasteiger charge is 2.08. The van der Waals surface area contributed by atoms with E-state index in [-0.39, 0.29) is 17.6 Å². The Morgan fingerprint density at radius 2 is 2.00 bits per heavy atom. The lowest BCUT2D eigenvalue weighted by atomic mass is 10.3. The van der Waals surface area contributed by atoms with E-state index >= 15 is 0 Å². The average Bonchev–Trinajstić information content (AvgIpc) is 2.17. The lowest BCUT2D eigenvalue weighted by Gasteiger charge is -2.15. The van der Waals surface area contributed by atoms with Crippen molar-refractivity contribution in [2.75, 3.05) is 17.8 Å². The first kappa shape index (κ1) is 9.99. The highest BCUT2D eigenvalue weighted by Crippen LogP contribution is 2.13. The lowest BCUT2D eigenvalue weighted by molar-refractivity contribution is -0.116. The van der Waals surface area contributed by atoms with E-state index in [1.807, 2.05) is 0 Å². The van der Waals surface area contributed by atoms with Gasteiger partial charge < -0.3 is 4.90 Å². The Morgan fingerprint density at radius 1 is 1.46 bits per heavy atom. The zero-order valence-electron chi connectivity index (χ0n) is 7.13. The van der Waals surface area contributed by atoms with Crippen LogP contribution in [0.3, 0.4) is 0 Å². The van der Waals surface area contributed by atoms with Gasteiger partial charge in [-0.2, -0.15) is 0 Å². The van der Waals surface area contributed by atoms with Crippen LogP contribution in [0, 0.1) is 5.82 Å². The Labute approximate surface area is 80.9 Å². The molecule has 2 nitrogen and oxygen atoms in total. The Kier molecular flexibility index (Phi) is 3.25. The molecule has 0 spiro atoms. The van der Waals surface area contributed by atoms with E-state index < -0.39 is 0 Å². The van der Waals surface area contributed by atoms with E-state index in [2.05, 4.69) is 0 Å². The molecule has 0 fully saturated rings. The Balaban J connectivity index is 2.83. The molecular weight excluding hydrogens is 193 g/mol. The monoisotopic (exact) mass is 201 g/mol. The van der Waals surface area contributed by atoms with Crippen molar-refractivity contribution in [2.24, 2.45) is 0 Å². The molecule has 0 atom stereocenters. The van der Waals surface area contributed by atoms with E-state index in [1.54, 1.807) is 7.05 Å². The van der Waals surface area contributed by atoms with Crippen molar-refractivity contribution >= 4 is 23.2 Å². The third-order valence-corrected chi connectivity index (χ3v) is 1.93. The van der Waals surface area contributed by atoms with E-state index in [1.165, 1.54) is 29.2 Å². The fourth-order valence-corrected chi connectivity index (χ4v) is 1.08. The maximum absolute atomic E-state index is 12.5. The van der Waals surface area contributed by atoms with Crippen LogP contribution in [0.2, 0.25) is 0 Å². The molecule has 0 aliphatic rings. The molecule has 0 aliphatic heterocycles. The van der Waals surface area contributed by atoms with Crippen LogP contribution in [0.4, 0.5) is 10.1 Å². The molecule has 0 radical (unpaired) electrons. The van der Waals surface area contributed by atoms with Crippen LogP contribution < -0.4 is 4.90 Å². The van der Waals surface area contributed by atoms with Crippen LogP contribution in [0.15, 0.2) is 24.3 Å². The van der Waals surface area contributed by atoms with Gasteiger partial charge in [0.15, 0.2) is 0 Å². The van der Waals surface area contributed by atoms with Gasteiger partial charge in [0.1, 0.15) is 11.7 Å². The van der Waals surface area contributed by atoms with Crippen LogP contribution in [-0.2, 0) is 4.79 Å². The molecule has 0 aliphatic carbocycles. The van der Waals surface area contributed by atoms with Gasteiger partial charge in [-0.15, -0.1) is 11.6 Å². The summed E-state index contributed by atoms with van der Waals surface area (Å²) in [5.74, 6) is -0.614. The maximum Gasteiger partial charge on any atom is 0.241 e. The third-order valence-electron chi connectivity index (χ3n) is 1.70. The third kappa shape index (κ3) is 2.42. The fraction of sp³-hybridized carbons (Fsp3) is 0.222. The standard InChI is InChI=1S/C9H9ClFNO/c1-12(9(13)6-10)8-4-2-7(11)3-5-8/h2-5H,6H2,1H3. The maximum atomic E-state index is 12.5. The molecule has 0 bridgehead atoms. The molecule has 0 N–H and O–H groups in total. The van der Waals surface area contributed by atoms with Crippen LogP contribution >= 0.6 is 11.6 Å². The summed E-state index contributed by atoms with van der Waals surface area (Å²) in [5, 5.41) is 0. The molecule has 1 rings (SSSR count). The van der Waals surface area contributed by atoms with Crippen LogP contribution in [-0.4, -0.2) is 18.8 Å². The first-order chi connectivity index (χ1) is 6.15. The van der Waals surface area contributed by atoms with E-state index in [0.717, 1.165) is 0 Å². The number of carbonyl (C=O) groups excluding carboxylic acids is 1. The molecule has 13 heavy (non-hydrogen) atoms. The van der Waals surface area contributed by atoms with Crippen molar-refractivity contribution in [3.8, 4) is 0 Å². The first-order valence-corrected chi connectivity index (χ1v) is 4.26. The molecule has 0 unspecified atom stereocenters. The molecule has 1 amide bonds. The van der Waals surface area contributed by atoms with Crippen LogP contribution in [0.5, 0.6) is 0 Å². The number of anilines is 1. The zero-order chi connectivity index (χ0) is 9.84. The molecule has 1 aromatic rings. The van der Waals surface area contributed by atoms with Gasteiger partial charge in [-0.3, -0.25) is 4.79 Å². The van der Waals surface area contributed by atoms with Crippen molar-refractivity contribution in [2.45, 2.75) is 0 Å². The SMILES string of the molecule is CN(C(=O)CCl)c1ccc(F)cc1. The Hall–Kier alpha value is -1.09. The summed E-state index contributed by atoms with van der Waals surface area (Å²) in [4.78, 5) is 12.5. The second-order valence-corrected chi connectivity index (χ2v) is 2.83. The Bertz CT molecular complexity index is 299. The minimum absolute atomic E-state index is 0.0755. The summed E-state index contributed by atoms with van der Waals surface area (Å²) in [6.07, 6.45) is 0. The fourth-order valence-electron chi connectivity index (χ4n) is 0.898. The normalized spacial score (nSPS) is 9.77. The van der Waals surface area contributed by atoms with E-state index in [4.69, 9.17) is 11.6 Å². The highest BCUT2D eigenvalue weighted by atomic mass is 35.5. The number of hydrogen-bond donors (Lipinski definition) is 0. The molecule has 0 saturated carbocycles. The topological polar surface area (TPSA) is 20.3 Å². The smallest absolute Gasteiger partial charge is 0.241 e.